The molecule has 0 radical (unpaired) electrons. The molecule has 0 saturated heterocycles. The third kappa shape index (κ3) is 3.47. The average molecular weight is 272 g/mol. The van der Waals surface area contributed by atoms with E-state index in [4.69, 9.17) is 0 Å². The molecule has 0 spiro atoms. The summed E-state index contributed by atoms with van der Waals surface area (Å²) in [6.45, 7) is 7.41. The standard InChI is InChI=1S/C16H20N2O2/c1-16(2,3)11-18-10-14(9-17-18)12-5-7-13(8-6-12)15(19)20-4/h5-10H,11H2,1-4H3. The van der Waals surface area contributed by atoms with Crippen LogP contribution in [0.15, 0.2) is 36.7 Å². The zero-order chi connectivity index (χ0) is 14.8. The van der Waals surface area contributed by atoms with Gasteiger partial charge in [-0.2, -0.15) is 5.10 Å². The fourth-order valence-corrected chi connectivity index (χ4v) is 2.00. The summed E-state index contributed by atoms with van der Waals surface area (Å²) in [4.78, 5) is 11.4. The van der Waals surface area contributed by atoms with Gasteiger partial charge in [-0.25, -0.2) is 4.79 Å². The van der Waals surface area contributed by atoms with Crippen molar-refractivity contribution in [2.75, 3.05) is 7.11 Å². The van der Waals surface area contributed by atoms with Crippen molar-refractivity contribution in [1.82, 2.24) is 9.78 Å². The lowest BCUT2D eigenvalue weighted by atomic mass is 9.97. The SMILES string of the molecule is COC(=O)c1ccc(-c2cnn(CC(C)(C)C)c2)cc1. The van der Waals surface area contributed by atoms with Gasteiger partial charge in [0.25, 0.3) is 0 Å². The van der Waals surface area contributed by atoms with E-state index >= 15 is 0 Å². The van der Waals surface area contributed by atoms with Gasteiger partial charge in [0, 0.05) is 18.3 Å². The normalized spacial score (nSPS) is 11.4. The highest BCUT2D eigenvalue weighted by Crippen LogP contribution is 2.22. The van der Waals surface area contributed by atoms with Crippen LogP contribution < -0.4 is 0 Å². The second kappa shape index (κ2) is 5.49. The van der Waals surface area contributed by atoms with Crippen molar-refractivity contribution in [2.45, 2.75) is 27.3 Å². The number of carbonyl (C=O) groups excluding carboxylic acids is 1. The second-order valence-corrected chi connectivity index (χ2v) is 6.06. The van der Waals surface area contributed by atoms with Crippen molar-refractivity contribution >= 4 is 5.97 Å². The first-order valence-electron chi connectivity index (χ1n) is 6.60. The number of hydrogen-bond donors (Lipinski definition) is 0. The fraction of sp³-hybridized carbons (Fsp3) is 0.375. The van der Waals surface area contributed by atoms with Crippen LogP contribution in [0.25, 0.3) is 11.1 Å². The van der Waals surface area contributed by atoms with Gasteiger partial charge in [-0.05, 0) is 23.1 Å². The summed E-state index contributed by atoms with van der Waals surface area (Å²) in [5.74, 6) is -0.319. The quantitative estimate of drug-likeness (QED) is 0.804. The molecule has 0 unspecified atom stereocenters. The zero-order valence-electron chi connectivity index (χ0n) is 12.4. The van der Waals surface area contributed by atoms with Crippen LogP contribution >= 0.6 is 0 Å². The summed E-state index contributed by atoms with van der Waals surface area (Å²) in [6.07, 6.45) is 3.87. The summed E-state index contributed by atoms with van der Waals surface area (Å²) in [7, 11) is 1.38. The average Bonchev–Trinajstić information content (AvgIpc) is 2.84. The topological polar surface area (TPSA) is 44.1 Å². The molecule has 0 aliphatic rings. The minimum absolute atomic E-state index is 0.192. The molecule has 0 saturated carbocycles. The Morgan fingerprint density at radius 3 is 2.40 bits per heavy atom. The molecule has 0 aliphatic carbocycles. The number of aromatic nitrogens is 2. The smallest absolute Gasteiger partial charge is 0.337 e. The van der Waals surface area contributed by atoms with Crippen molar-refractivity contribution in [3.05, 3.63) is 42.2 Å². The minimum atomic E-state index is -0.319. The molecule has 4 heteroatoms. The van der Waals surface area contributed by atoms with Crippen LogP contribution in [-0.2, 0) is 11.3 Å². The molecule has 4 nitrogen and oxygen atoms in total. The van der Waals surface area contributed by atoms with Crippen LogP contribution in [0.1, 0.15) is 31.1 Å². The molecular weight excluding hydrogens is 252 g/mol. The maximum Gasteiger partial charge on any atom is 0.337 e. The number of benzene rings is 1. The molecule has 0 aliphatic heterocycles. The van der Waals surface area contributed by atoms with Gasteiger partial charge in [-0.3, -0.25) is 4.68 Å². The summed E-state index contributed by atoms with van der Waals surface area (Å²) in [5.41, 5.74) is 2.83. The van der Waals surface area contributed by atoms with Gasteiger partial charge in [0.1, 0.15) is 0 Å². The Hall–Kier alpha value is -2.10. The molecule has 1 aromatic carbocycles. The number of hydrogen-bond acceptors (Lipinski definition) is 3. The Bertz CT molecular complexity index is 592. The molecule has 0 atom stereocenters. The lowest BCUT2D eigenvalue weighted by Crippen LogP contribution is -2.15. The molecule has 20 heavy (non-hydrogen) atoms. The van der Waals surface area contributed by atoms with Crippen LogP contribution in [0.2, 0.25) is 0 Å². The van der Waals surface area contributed by atoms with Crippen molar-refractivity contribution < 1.29 is 9.53 Å². The van der Waals surface area contributed by atoms with Gasteiger partial charge in [0.15, 0.2) is 0 Å². The first-order valence-corrected chi connectivity index (χ1v) is 6.60. The van der Waals surface area contributed by atoms with E-state index in [0.29, 0.717) is 5.56 Å². The van der Waals surface area contributed by atoms with Crippen molar-refractivity contribution in [1.29, 1.82) is 0 Å². The Morgan fingerprint density at radius 1 is 1.20 bits per heavy atom. The summed E-state index contributed by atoms with van der Waals surface area (Å²) in [5, 5.41) is 4.38. The molecule has 0 bridgehead atoms. The minimum Gasteiger partial charge on any atom is -0.465 e. The van der Waals surface area contributed by atoms with Gasteiger partial charge in [-0.15, -0.1) is 0 Å². The van der Waals surface area contributed by atoms with Gasteiger partial charge < -0.3 is 4.74 Å². The third-order valence-corrected chi connectivity index (χ3v) is 2.91. The lowest BCUT2D eigenvalue weighted by molar-refractivity contribution is 0.0601. The fourth-order valence-electron chi connectivity index (χ4n) is 2.00. The molecule has 1 heterocycles. The predicted molar refractivity (Wildman–Crippen MR) is 78.5 cm³/mol. The van der Waals surface area contributed by atoms with E-state index in [-0.39, 0.29) is 11.4 Å². The van der Waals surface area contributed by atoms with E-state index in [1.807, 2.05) is 29.2 Å². The van der Waals surface area contributed by atoms with Crippen molar-refractivity contribution in [2.24, 2.45) is 5.41 Å². The summed E-state index contributed by atoms with van der Waals surface area (Å²) >= 11 is 0. The van der Waals surface area contributed by atoms with E-state index in [0.717, 1.165) is 17.7 Å². The first kappa shape index (κ1) is 14.3. The maximum absolute atomic E-state index is 11.4. The highest BCUT2D eigenvalue weighted by Gasteiger charge is 2.12. The van der Waals surface area contributed by atoms with E-state index in [9.17, 15) is 4.79 Å². The number of rotatable bonds is 3. The molecule has 106 valence electrons. The number of nitrogens with zero attached hydrogens (tertiary/aromatic N) is 2. The van der Waals surface area contributed by atoms with Gasteiger partial charge in [0.05, 0.1) is 18.9 Å². The molecule has 2 aromatic rings. The van der Waals surface area contributed by atoms with E-state index in [2.05, 4.69) is 30.6 Å². The molecule has 1 aromatic heterocycles. The number of carbonyl (C=O) groups is 1. The van der Waals surface area contributed by atoms with Crippen molar-refractivity contribution in [3.63, 3.8) is 0 Å². The Balaban J connectivity index is 2.18. The molecule has 0 amide bonds. The number of methoxy groups -OCH3 is 1. The Labute approximate surface area is 119 Å². The predicted octanol–water partition coefficient (Wildman–Crippen LogP) is 3.38. The number of esters is 1. The first-order chi connectivity index (χ1) is 9.39. The molecule has 2 rings (SSSR count). The van der Waals surface area contributed by atoms with Gasteiger partial charge in [-0.1, -0.05) is 32.9 Å². The van der Waals surface area contributed by atoms with E-state index < -0.39 is 0 Å². The molecule has 0 fully saturated rings. The van der Waals surface area contributed by atoms with Gasteiger partial charge >= 0.3 is 5.97 Å². The number of ether oxygens (including phenoxy) is 1. The van der Waals surface area contributed by atoms with Crippen LogP contribution in [0.5, 0.6) is 0 Å². The van der Waals surface area contributed by atoms with Gasteiger partial charge in [0.2, 0.25) is 0 Å². The third-order valence-electron chi connectivity index (χ3n) is 2.91. The zero-order valence-corrected chi connectivity index (χ0v) is 12.4. The van der Waals surface area contributed by atoms with E-state index in [1.165, 1.54) is 7.11 Å². The molecular formula is C16H20N2O2. The Morgan fingerprint density at radius 2 is 1.85 bits per heavy atom. The largest absolute Gasteiger partial charge is 0.465 e. The van der Waals surface area contributed by atoms with Crippen LogP contribution in [0.3, 0.4) is 0 Å². The summed E-state index contributed by atoms with van der Waals surface area (Å²) in [6, 6.07) is 7.35. The summed E-state index contributed by atoms with van der Waals surface area (Å²) < 4.78 is 6.63. The van der Waals surface area contributed by atoms with Crippen molar-refractivity contribution in [3.8, 4) is 11.1 Å². The molecule has 0 N–H and O–H groups in total. The van der Waals surface area contributed by atoms with Crippen LogP contribution in [-0.4, -0.2) is 22.9 Å². The van der Waals surface area contributed by atoms with Crippen LogP contribution in [0, 0.1) is 5.41 Å². The highest BCUT2D eigenvalue weighted by molar-refractivity contribution is 5.89. The highest BCUT2D eigenvalue weighted by atomic mass is 16.5. The maximum atomic E-state index is 11.4. The lowest BCUT2D eigenvalue weighted by Gasteiger charge is -2.17. The second-order valence-electron chi connectivity index (χ2n) is 6.06. The van der Waals surface area contributed by atoms with E-state index in [1.54, 1.807) is 12.1 Å². The van der Waals surface area contributed by atoms with Crippen LogP contribution in [0.4, 0.5) is 0 Å². The Kier molecular flexibility index (Phi) is 3.93. The monoisotopic (exact) mass is 272 g/mol.